The van der Waals surface area contributed by atoms with Crippen LogP contribution in [0, 0.1) is 5.92 Å². The molecule has 20 heavy (non-hydrogen) atoms. The third-order valence-electron chi connectivity index (χ3n) is 3.19. The molecule has 99 valence electrons. The molecule has 0 atom stereocenters. The Bertz CT molecular complexity index is 524. The largest absolute Gasteiger partial charge is 0.0999 e. The molecule has 3 rings (SSSR count). The first-order chi connectivity index (χ1) is 9.45. The van der Waals surface area contributed by atoms with Gasteiger partial charge in [0.15, 0.2) is 0 Å². The van der Waals surface area contributed by atoms with Gasteiger partial charge < -0.3 is 0 Å². The number of hydrogen-bond acceptors (Lipinski definition) is 0. The molecule has 0 saturated carbocycles. The topological polar surface area (TPSA) is 0 Å². The van der Waals surface area contributed by atoms with Gasteiger partial charge in [0.05, 0.1) is 0 Å². The van der Waals surface area contributed by atoms with Crippen molar-refractivity contribution in [3.05, 3.63) is 114 Å². The molecule has 0 N–H and O–H groups in total. The van der Waals surface area contributed by atoms with Gasteiger partial charge in [0.1, 0.15) is 0 Å². The van der Waals surface area contributed by atoms with Gasteiger partial charge in [0, 0.05) is 20.4 Å². The molecule has 1 radical (unpaired) electrons. The summed E-state index contributed by atoms with van der Waals surface area (Å²) in [5.74, 6) is 1.28. The first kappa shape index (κ1) is 14.6. The van der Waals surface area contributed by atoms with Gasteiger partial charge in [-0.1, -0.05) is 114 Å². The maximum Gasteiger partial charge on any atom is 0 e. The number of hydrogen-bond donors (Lipinski definition) is 0. The van der Waals surface area contributed by atoms with Gasteiger partial charge in [-0.3, -0.25) is 0 Å². The van der Waals surface area contributed by atoms with E-state index in [1.54, 1.807) is 0 Å². The fourth-order valence-corrected chi connectivity index (χ4v) is 2.31. The van der Waals surface area contributed by atoms with Gasteiger partial charge in [-0.05, 0) is 0 Å². The van der Waals surface area contributed by atoms with Gasteiger partial charge >= 0.3 is 0 Å². The van der Waals surface area contributed by atoms with Crippen LogP contribution in [0.15, 0.2) is 91.0 Å². The second kappa shape index (κ2) is 7.10. The van der Waals surface area contributed by atoms with Crippen molar-refractivity contribution in [2.75, 3.05) is 0 Å². The van der Waals surface area contributed by atoms with Gasteiger partial charge in [0.2, 0.25) is 0 Å². The molecule has 1 heteroatoms. The van der Waals surface area contributed by atoms with E-state index in [1.165, 1.54) is 22.6 Å². The summed E-state index contributed by atoms with van der Waals surface area (Å²) in [6, 6.07) is 31.6. The van der Waals surface area contributed by atoms with Crippen molar-refractivity contribution in [1.29, 1.82) is 0 Å². The molecule has 3 aromatic rings. The summed E-state index contributed by atoms with van der Waals surface area (Å²) in [6.45, 7) is 0. The van der Waals surface area contributed by atoms with Gasteiger partial charge in [-0.15, -0.1) is 0 Å². The van der Waals surface area contributed by atoms with Crippen LogP contribution in [-0.2, 0) is 20.4 Å². The van der Waals surface area contributed by atoms with Gasteiger partial charge in [0.25, 0.3) is 0 Å². The average Bonchev–Trinajstić information content (AvgIpc) is 2.51. The minimum absolute atomic E-state index is 0. The Morgan fingerprint density at radius 1 is 0.400 bits per heavy atom. The Morgan fingerprint density at radius 3 is 0.900 bits per heavy atom. The van der Waals surface area contributed by atoms with Crippen LogP contribution in [0.25, 0.3) is 0 Å². The summed E-state index contributed by atoms with van der Waals surface area (Å²) in [7, 11) is 0. The molecule has 3 aromatic carbocycles. The van der Waals surface area contributed by atoms with Crippen molar-refractivity contribution < 1.29 is 20.4 Å². The Hall–Kier alpha value is -1.81. The van der Waals surface area contributed by atoms with Crippen LogP contribution in [0.1, 0.15) is 16.7 Å². The molecule has 0 aromatic heterocycles. The SMILES string of the molecule is [Re].c1ccc([C-](c2ccccc2)c2ccccc2)cc1. The van der Waals surface area contributed by atoms with E-state index in [9.17, 15) is 0 Å². The first-order valence-electron chi connectivity index (χ1n) is 6.48. The Labute approximate surface area is 134 Å². The maximum absolute atomic E-state index is 2.16. The van der Waals surface area contributed by atoms with Crippen molar-refractivity contribution in [3.63, 3.8) is 0 Å². The Balaban J connectivity index is 0.00000147. The smallest absolute Gasteiger partial charge is 0 e. The maximum atomic E-state index is 2.16. The van der Waals surface area contributed by atoms with Crippen LogP contribution in [0.2, 0.25) is 0 Å². The molecular formula is C19H15Re-. The zero-order chi connectivity index (χ0) is 12.9. The molecule has 0 unspecified atom stereocenters. The zero-order valence-electron chi connectivity index (χ0n) is 11.0. The molecule has 0 fully saturated rings. The normalized spacial score (nSPS) is 9.60. The molecule has 0 aliphatic rings. The van der Waals surface area contributed by atoms with E-state index in [0.717, 1.165) is 0 Å². The predicted molar refractivity (Wildman–Crippen MR) is 79.9 cm³/mol. The fourth-order valence-electron chi connectivity index (χ4n) is 2.31. The van der Waals surface area contributed by atoms with Crippen LogP contribution in [-0.4, -0.2) is 0 Å². The zero-order valence-corrected chi connectivity index (χ0v) is 13.8. The summed E-state index contributed by atoms with van der Waals surface area (Å²) in [5, 5.41) is 0. The molecule has 0 nitrogen and oxygen atoms in total. The summed E-state index contributed by atoms with van der Waals surface area (Å²) in [6.07, 6.45) is 0. The van der Waals surface area contributed by atoms with Crippen molar-refractivity contribution in [2.45, 2.75) is 0 Å². The molecular weight excluding hydrogens is 414 g/mol. The van der Waals surface area contributed by atoms with Crippen molar-refractivity contribution in [3.8, 4) is 0 Å². The Kier molecular flexibility index (Phi) is 5.18. The summed E-state index contributed by atoms with van der Waals surface area (Å²) >= 11 is 0. The van der Waals surface area contributed by atoms with Crippen LogP contribution < -0.4 is 0 Å². The van der Waals surface area contributed by atoms with E-state index < -0.39 is 0 Å². The molecule has 0 heterocycles. The summed E-state index contributed by atoms with van der Waals surface area (Å²) in [5.41, 5.74) is 3.75. The van der Waals surface area contributed by atoms with E-state index in [-0.39, 0.29) is 20.4 Å². The van der Waals surface area contributed by atoms with Crippen molar-refractivity contribution in [1.82, 2.24) is 0 Å². The Morgan fingerprint density at radius 2 is 0.650 bits per heavy atom. The molecule has 0 amide bonds. The van der Waals surface area contributed by atoms with Crippen LogP contribution in [0.4, 0.5) is 0 Å². The third kappa shape index (κ3) is 3.20. The summed E-state index contributed by atoms with van der Waals surface area (Å²) < 4.78 is 0. The van der Waals surface area contributed by atoms with Crippen molar-refractivity contribution >= 4 is 0 Å². The average molecular weight is 430 g/mol. The second-order valence-electron chi connectivity index (χ2n) is 4.47. The molecule has 0 aliphatic carbocycles. The quantitative estimate of drug-likeness (QED) is 0.418. The molecule has 0 spiro atoms. The fraction of sp³-hybridized carbons (Fsp3) is 0. The molecule has 0 bridgehead atoms. The van der Waals surface area contributed by atoms with Crippen LogP contribution in [0.5, 0.6) is 0 Å². The van der Waals surface area contributed by atoms with E-state index in [1.807, 2.05) is 0 Å². The summed E-state index contributed by atoms with van der Waals surface area (Å²) in [4.78, 5) is 0. The first-order valence-corrected chi connectivity index (χ1v) is 6.48. The third-order valence-corrected chi connectivity index (χ3v) is 3.19. The van der Waals surface area contributed by atoms with E-state index >= 15 is 0 Å². The van der Waals surface area contributed by atoms with E-state index in [2.05, 4.69) is 91.0 Å². The number of benzene rings is 3. The van der Waals surface area contributed by atoms with Gasteiger partial charge in [-0.25, -0.2) is 0 Å². The minimum Gasteiger partial charge on any atom is -0.0999 e. The van der Waals surface area contributed by atoms with Crippen LogP contribution in [0.3, 0.4) is 0 Å². The van der Waals surface area contributed by atoms with Crippen molar-refractivity contribution in [2.24, 2.45) is 0 Å². The van der Waals surface area contributed by atoms with E-state index in [0.29, 0.717) is 0 Å². The predicted octanol–water partition coefficient (Wildman–Crippen LogP) is 4.70. The second-order valence-corrected chi connectivity index (χ2v) is 4.47. The van der Waals surface area contributed by atoms with E-state index in [4.69, 9.17) is 0 Å². The van der Waals surface area contributed by atoms with Crippen LogP contribution >= 0.6 is 0 Å². The standard InChI is InChI=1S/C19H15.Re/c1-4-10-16(11-5-1)19(17-12-6-2-7-13-17)18-14-8-3-9-15-18;/h1-15H;/q-1;. The minimum atomic E-state index is 0. The molecule has 0 saturated heterocycles. The molecule has 0 aliphatic heterocycles. The monoisotopic (exact) mass is 430 g/mol. The van der Waals surface area contributed by atoms with Gasteiger partial charge in [-0.2, -0.15) is 0 Å². The number of rotatable bonds is 3.